The van der Waals surface area contributed by atoms with Gasteiger partial charge in [0.25, 0.3) is 0 Å². The summed E-state index contributed by atoms with van der Waals surface area (Å²) in [5, 5.41) is 0. The highest BCUT2D eigenvalue weighted by molar-refractivity contribution is 5.75. The molecule has 4 heteroatoms. The fourth-order valence-electron chi connectivity index (χ4n) is 4.00. The van der Waals surface area contributed by atoms with Gasteiger partial charge in [0, 0.05) is 51.0 Å². The smallest absolute Gasteiger partial charge is 0.0895 e. The molecule has 0 aliphatic heterocycles. The largest absolute Gasteiger partial charge is 0.378 e. The zero-order valence-electron chi connectivity index (χ0n) is 22.0. The van der Waals surface area contributed by atoms with Crippen LogP contribution in [0, 0.1) is 13.8 Å². The average Bonchev–Trinajstić information content (AvgIpc) is 2.86. The van der Waals surface area contributed by atoms with Crippen LogP contribution >= 0.6 is 0 Å². The molecule has 0 bridgehead atoms. The van der Waals surface area contributed by atoms with Crippen LogP contribution in [0.5, 0.6) is 0 Å². The summed E-state index contributed by atoms with van der Waals surface area (Å²) < 4.78 is 0. The van der Waals surface area contributed by atoms with Gasteiger partial charge in [-0.15, -0.1) is 0 Å². The highest BCUT2D eigenvalue weighted by Gasteiger charge is 2.06. The van der Waals surface area contributed by atoms with Gasteiger partial charge in [-0.3, -0.25) is 9.97 Å². The van der Waals surface area contributed by atoms with Crippen molar-refractivity contribution in [1.82, 2.24) is 9.97 Å². The quantitative estimate of drug-likeness (QED) is 0.283. The molecule has 0 unspecified atom stereocenters. The van der Waals surface area contributed by atoms with Crippen molar-refractivity contribution in [2.24, 2.45) is 0 Å². The van der Waals surface area contributed by atoms with E-state index in [-0.39, 0.29) is 0 Å². The van der Waals surface area contributed by atoms with E-state index in [0.29, 0.717) is 0 Å². The normalized spacial score (nSPS) is 11.4. The lowest BCUT2D eigenvalue weighted by atomic mass is 10.1. The summed E-state index contributed by atoms with van der Waals surface area (Å²) in [4.78, 5) is 13.8. The van der Waals surface area contributed by atoms with Gasteiger partial charge in [0.2, 0.25) is 0 Å². The maximum Gasteiger partial charge on any atom is 0.0895 e. The molecular weight excluding hydrogens is 440 g/mol. The van der Waals surface area contributed by atoms with Crippen LogP contribution in [0.4, 0.5) is 11.4 Å². The molecule has 182 valence electrons. The van der Waals surface area contributed by atoms with Crippen molar-refractivity contribution < 1.29 is 0 Å². The zero-order chi connectivity index (χ0) is 25.7. The van der Waals surface area contributed by atoms with E-state index in [2.05, 4.69) is 135 Å². The van der Waals surface area contributed by atoms with Crippen LogP contribution in [0.1, 0.15) is 33.6 Å². The van der Waals surface area contributed by atoms with Crippen molar-refractivity contribution in [3.63, 3.8) is 0 Å². The molecule has 4 nitrogen and oxygen atoms in total. The standard InChI is InChI=1S/C32H34N4/c1-23-19-27(9-7-25-11-15-29(16-12-25)35(3)4)21-31(33-23)32-22-28(20-24(2)34-32)10-8-26-13-17-30(18-14-26)36(5)6/h7-22H,1-6H3/b9-7+,10-8+. The first-order chi connectivity index (χ1) is 17.3. The van der Waals surface area contributed by atoms with E-state index in [1.54, 1.807) is 0 Å². The molecule has 0 radical (unpaired) electrons. The minimum atomic E-state index is 0.881. The van der Waals surface area contributed by atoms with Crippen LogP contribution in [-0.2, 0) is 0 Å². The Morgan fingerprint density at radius 1 is 0.472 bits per heavy atom. The fourth-order valence-corrected chi connectivity index (χ4v) is 4.00. The molecule has 2 aromatic carbocycles. The number of anilines is 2. The molecule has 0 saturated heterocycles. The number of aromatic nitrogens is 2. The summed E-state index contributed by atoms with van der Waals surface area (Å²) >= 11 is 0. The van der Waals surface area contributed by atoms with Gasteiger partial charge in [0.05, 0.1) is 11.4 Å². The molecular formula is C32H34N4. The van der Waals surface area contributed by atoms with Crippen molar-refractivity contribution in [2.75, 3.05) is 38.0 Å². The van der Waals surface area contributed by atoms with E-state index in [9.17, 15) is 0 Å². The molecule has 0 spiro atoms. The summed E-state index contributed by atoms with van der Waals surface area (Å²) in [6.45, 7) is 4.06. The van der Waals surface area contributed by atoms with Crippen LogP contribution in [0.25, 0.3) is 35.7 Å². The van der Waals surface area contributed by atoms with Gasteiger partial charge in [0.1, 0.15) is 0 Å². The van der Waals surface area contributed by atoms with Gasteiger partial charge in [-0.25, -0.2) is 0 Å². The Labute approximate surface area is 215 Å². The third-order valence-corrected chi connectivity index (χ3v) is 5.97. The lowest BCUT2D eigenvalue weighted by molar-refractivity contribution is 1.13. The summed E-state index contributed by atoms with van der Waals surface area (Å²) in [5.41, 5.74) is 10.6. The van der Waals surface area contributed by atoms with Gasteiger partial charge in [-0.2, -0.15) is 0 Å². The van der Waals surface area contributed by atoms with Gasteiger partial charge < -0.3 is 9.80 Å². The van der Waals surface area contributed by atoms with E-state index >= 15 is 0 Å². The zero-order valence-corrected chi connectivity index (χ0v) is 22.0. The Hall–Kier alpha value is -4.18. The highest BCUT2D eigenvalue weighted by atomic mass is 15.1. The Balaban J connectivity index is 1.57. The van der Waals surface area contributed by atoms with Crippen LogP contribution in [0.15, 0.2) is 72.8 Å². The fraction of sp³-hybridized carbons (Fsp3) is 0.188. The van der Waals surface area contributed by atoms with E-state index in [0.717, 1.165) is 45.0 Å². The Kier molecular flexibility index (Phi) is 7.65. The topological polar surface area (TPSA) is 32.3 Å². The maximum atomic E-state index is 4.79. The first kappa shape index (κ1) is 24.9. The van der Waals surface area contributed by atoms with Crippen LogP contribution in [0.3, 0.4) is 0 Å². The van der Waals surface area contributed by atoms with Crippen LogP contribution in [-0.4, -0.2) is 38.2 Å². The lowest BCUT2D eigenvalue weighted by Crippen LogP contribution is -2.07. The molecule has 2 heterocycles. The lowest BCUT2D eigenvalue weighted by Gasteiger charge is -2.11. The van der Waals surface area contributed by atoms with E-state index < -0.39 is 0 Å². The summed E-state index contributed by atoms with van der Waals surface area (Å²) in [6, 6.07) is 25.5. The number of hydrogen-bond donors (Lipinski definition) is 0. The SMILES string of the molecule is Cc1cc(/C=C/c2ccc(N(C)C)cc2)cc(-c2cc(/C=C/c3ccc(N(C)C)cc3)cc(C)n2)n1. The first-order valence-electron chi connectivity index (χ1n) is 12.2. The molecule has 2 aromatic heterocycles. The molecule has 0 aliphatic rings. The molecule has 0 aliphatic carbocycles. The van der Waals surface area contributed by atoms with Crippen molar-refractivity contribution in [3.05, 3.63) is 106 Å². The minimum absolute atomic E-state index is 0.881. The second-order valence-electron chi connectivity index (χ2n) is 9.49. The monoisotopic (exact) mass is 474 g/mol. The predicted octanol–water partition coefficient (Wildman–Crippen LogP) is 7.23. The van der Waals surface area contributed by atoms with Gasteiger partial charge in [-0.1, -0.05) is 48.6 Å². The molecule has 0 atom stereocenters. The molecule has 0 N–H and O–H groups in total. The summed E-state index contributed by atoms with van der Waals surface area (Å²) in [7, 11) is 8.20. The summed E-state index contributed by atoms with van der Waals surface area (Å²) in [5.74, 6) is 0. The number of rotatable bonds is 7. The Bertz CT molecular complexity index is 1270. The Morgan fingerprint density at radius 3 is 1.14 bits per heavy atom. The number of pyridine rings is 2. The molecule has 0 amide bonds. The van der Waals surface area contributed by atoms with Crippen LogP contribution < -0.4 is 9.80 Å². The molecule has 4 rings (SSSR count). The number of benzene rings is 2. The van der Waals surface area contributed by atoms with Crippen molar-refractivity contribution >= 4 is 35.7 Å². The average molecular weight is 475 g/mol. The predicted molar refractivity (Wildman–Crippen MR) is 156 cm³/mol. The van der Waals surface area contributed by atoms with Crippen LogP contribution in [0.2, 0.25) is 0 Å². The first-order valence-corrected chi connectivity index (χ1v) is 12.2. The number of nitrogens with zero attached hydrogens (tertiary/aromatic N) is 4. The van der Waals surface area contributed by atoms with Gasteiger partial charge in [0.15, 0.2) is 0 Å². The number of aryl methyl sites for hydroxylation is 2. The minimum Gasteiger partial charge on any atom is -0.378 e. The molecule has 4 aromatic rings. The second kappa shape index (κ2) is 11.0. The van der Waals surface area contributed by atoms with E-state index in [1.165, 1.54) is 11.4 Å². The van der Waals surface area contributed by atoms with E-state index in [4.69, 9.17) is 9.97 Å². The third kappa shape index (κ3) is 6.48. The molecule has 0 saturated carbocycles. The third-order valence-electron chi connectivity index (χ3n) is 5.97. The molecule has 36 heavy (non-hydrogen) atoms. The van der Waals surface area contributed by atoms with Gasteiger partial charge >= 0.3 is 0 Å². The van der Waals surface area contributed by atoms with Crippen molar-refractivity contribution in [1.29, 1.82) is 0 Å². The van der Waals surface area contributed by atoms with Gasteiger partial charge in [-0.05, 0) is 84.6 Å². The Morgan fingerprint density at radius 2 is 0.806 bits per heavy atom. The van der Waals surface area contributed by atoms with E-state index in [1.807, 2.05) is 13.8 Å². The summed E-state index contributed by atoms with van der Waals surface area (Å²) in [6.07, 6.45) is 8.54. The molecule has 0 fully saturated rings. The van der Waals surface area contributed by atoms with Crippen molar-refractivity contribution in [3.8, 4) is 11.4 Å². The maximum absolute atomic E-state index is 4.79. The van der Waals surface area contributed by atoms with Crippen molar-refractivity contribution in [2.45, 2.75) is 13.8 Å². The highest BCUT2D eigenvalue weighted by Crippen LogP contribution is 2.23. The number of hydrogen-bond acceptors (Lipinski definition) is 4. The second-order valence-corrected chi connectivity index (χ2v) is 9.49.